The number of hydrogen-bond donors (Lipinski definition) is 4. The van der Waals surface area contributed by atoms with E-state index in [9.17, 15) is 20.4 Å². The molecule has 12 aliphatic rings. The third-order valence-electron chi connectivity index (χ3n) is 21.6. The zero-order chi connectivity index (χ0) is 47.1. The molecule has 8 bridgehead atoms. The van der Waals surface area contributed by atoms with Crippen LogP contribution in [0.2, 0.25) is 0 Å². The number of benzene rings is 2. The molecule has 14 unspecified atom stereocenters. The first-order valence-corrected chi connectivity index (χ1v) is 37.8. The molecule has 14 atom stereocenters. The first-order chi connectivity index (χ1) is 30.2. The van der Waals surface area contributed by atoms with E-state index in [-0.39, 0.29) is 80.4 Å². The number of rotatable bonds is 4. The Hall–Kier alpha value is 0.214. The number of halogens is 3. The second kappa shape index (κ2) is 16.1. The van der Waals surface area contributed by atoms with Crippen LogP contribution >= 0.6 is 59.9 Å². The number of piperidine rings is 1. The van der Waals surface area contributed by atoms with Crippen LogP contribution in [0.25, 0.3) is 0 Å². The summed E-state index contributed by atoms with van der Waals surface area (Å²) in [7, 11) is 5.90. The van der Waals surface area contributed by atoms with E-state index in [1.807, 2.05) is 34.1 Å². The number of phenolic OH excluding ortho intramolecular Hbond substituents is 2. The summed E-state index contributed by atoms with van der Waals surface area (Å²) in [6.07, 6.45) is 12.3. The number of fused-ring (bicyclic) bond motifs is 4. The molecular weight excluding hydrogens is 1210 g/mol. The van der Waals surface area contributed by atoms with Gasteiger partial charge in [-0.1, -0.05) is 67.5 Å². The topological polar surface area (TPSA) is 121 Å². The van der Waals surface area contributed by atoms with Gasteiger partial charge < -0.3 is 44.3 Å². The van der Waals surface area contributed by atoms with Gasteiger partial charge in [-0.25, -0.2) is 0 Å². The van der Waals surface area contributed by atoms with Crippen molar-refractivity contribution in [2.24, 2.45) is 39.4 Å². The summed E-state index contributed by atoms with van der Waals surface area (Å²) in [5, 5.41) is 45.7. The van der Waals surface area contributed by atoms with Gasteiger partial charge in [-0.15, -0.1) is 0 Å². The van der Waals surface area contributed by atoms with Crippen molar-refractivity contribution in [1.82, 2.24) is 4.90 Å². The SMILES string of the molecule is C.COC12CCC3(CC1C(C)(O)C(C)(C)C)C1CCCC34c3c(ccc(O)c3OC24)C1.COC12CCC3(CC1C(C)(O)C(C)(C)C)C1Cc4ccc(O)c5c4C3(CCN1C)C2O5.[I][V]([I])[I]. The third kappa shape index (κ3) is 6.09. The second-order valence-electron chi connectivity index (χ2n) is 24.7. The Balaban J connectivity index is 0.000000152. The molecule has 14 rings (SSSR count). The Morgan fingerprint density at radius 2 is 1.11 bits per heavy atom. The van der Waals surface area contributed by atoms with E-state index in [2.05, 4.69) is 126 Å². The summed E-state index contributed by atoms with van der Waals surface area (Å²) in [6.45, 7) is 17.9. The number of hydrogen-bond acceptors (Lipinski definition) is 9. The molecule has 7 saturated carbocycles. The molecule has 13 heteroatoms. The molecule has 8 fully saturated rings. The third-order valence-corrected chi connectivity index (χ3v) is 21.6. The van der Waals surface area contributed by atoms with Crippen LogP contribution in [0.1, 0.15) is 149 Å². The molecule has 2 aromatic carbocycles. The van der Waals surface area contributed by atoms with E-state index in [0.717, 1.165) is 70.8 Å². The summed E-state index contributed by atoms with van der Waals surface area (Å²) < 4.78 is 26.5. The van der Waals surface area contributed by atoms with Crippen molar-refractivity contribution in [1.29, 1.82) is 0 Å². The van der Waals surface area contributed by atoms with Gasteiger partial charge in [-0.05, 0) is 143 Å². The molecule has 2 aromatic rings. The minimum absolute atomic E-state index is 0. The Bertz CT molecular complexity index is 2280. The number of methoxy groups -OCH3 is 2. The zero-order valence-electron chi connectivity index (χ0n) is 40.4. The van der Waals surface area contributed by atoms with Crippen LogP contribution in [0.15, 0.2) is 24.3 Å². The van der Waals surface area contributed by atoms with E-state index in [1.165, 1.54) is 35.1 Å². The Labute approximate surface area is 433 Å². The first kappa shape index (κ1) is 51.1. The van der Waals surface area contributed by atoms with Gasteiger partial charge in [0.1, 0.15) is 23.4 Å². The molecule has 3 aliphatic heterocycles. The van der Waals surface area contributed by atoms with Crippen molar-refractivity contribution in [2.75, 3.05) is 27.8 Å². The van der Waals surface area contributed by atoms with Crippen LogP contribution in [-0.2, 0) is 38.1 Å². The van der Waals surface area contributed by atoms with Crippen molar-refractivity contribution < 1.29 is 44.3 Å². The fourth-order valence-electron chi connectivity index (χ4n) is 17.8. The van der Waals surface area contributed by atoms with E-state index in [4.69, 9.17) is 18.9 Å². The van der Waals surface area contributed by atoms with Crippen molar-refractivity contribution in [2.45, 2.75) is 191 Å². The van der Waals surface area contributed by atoms with E-state index in [1.54, 1.807) is 6.07 Å². The summed E-state index contributed by atoms with van der Waals surface area (Å²) in [4.78, 5) is 2.28. The van der Waals surface area contributed by atoms with Crippen molar-refractivity contribution in [3.8, 4) is 23.0 Å². The molecule has 0 aromatic heterocycles. The van der Waals surface area contributed by atoms with Gasteiger partial charge in [0.2, 0.25) is 0 Å². The van der Waals surface area contributed by atoms with Gasteiger partial charge in [-0.2, -0.15) is 0 Å². The second-order valence-corrected chi connectivity index (χ2v) is 60.1. The minimum atomic E-state index is -0.911. The standard InChI is InChI=1S/C26H37NO4.C26H36O4.CH4.3HI.V/c1-22(2,3)23(4,29)17-14-24-9-10-26(17,30-6)21-25(24)11-12-27(5)18(24)13-15-7-8-16(28)20(31-21)19(15)25;1-22(2,3)23(4,28)18-14-24-11-12-26(18,29-5)21-25(24)10-6-7-16(24)13-15-8-9-17(27)20(30-21)19(15)25;;;;;/h7-8,17-18,21,28-29H,9-14H2,1-6H3;8-9,16,18,21,27-28H,6-7,10-14H2,1-5H3;1H4;3*1H;/q;;;;;;+3/p-3. The number of ether oxygens (including phenoxy) is 4. The van der Waals surface area contributed by atoms with Crippen LogP contribution in [0.3, 0.4) is 0 Å². The monoisotopic (exact) mass is 1290 g/mol. The summed E-state index contributed by atoms with van der Waals surface area (Å²) in [5.74, 6) is 2.50. The first-order valence-electron chi connectivity index (χ1n) is 24.3. The van der Waals surface area contributed by atoms with Crippen LogP contribution in [0, 0.1) is 39.4 Å². The Morgan fingerprint density at radius 1 is 0.667 bits per heavy atom. The molecule has 3 heterocycles. The van der Waals surface area contributed by atoms with Crippen LogP contribution in [0.4, 0.5) is 0 Å². The number of nitrogens with zero attached hydrogens (tertiary/aromatic N) is 1. The summed E-state index contributed by atoms with van der Waals surface area (Å²) in [5.41, 5.74) is 1.70. The fraction of sp³-hybridized carbons (Fsp3) is 0.774. The van der Waals surface area contributed by atoms with Crippen molar-refractivity contribution >= 4 is 59.9 Å². The maximum absolute atomic E-state index is 12.0. The van der Waals surface area contributed by atoms with Gasteiger partial charge in [0.25, 0.3) is 0 Å². The average Bonchev–Trinajstić information content (AvgIpc) is 3.80. The zero-order valence-corrected chi connectivity index (χ0v) is 48.3. The average molecular weight is 1290 g/mol. The molecule has 4 spiro atoms. The van der Waals surface area contributed by atoms with E-state index >= 15 is 0 Å². The Morgan fingerprint density at radius 3 is 1.58 bits per heavy atom. The molecule has 66 heavy (non-hydrogen) atoms. The Kier molecular flexibility index (Phi) is 12.5. The molecule has 1 saturated heterocycles. The molecule has 4 N–H and O–H groups in total. The fourth-order valence-corrected chi connectivity index (χ4v) is 17.8. The number of likely N-dealkylation sites (tertiary alicyclic amines) is 1. The van der Waals surface area contributed by atoms with Crippen LogP contribution in [-0.4, -0.2) is 93.8 Å². The van der Waals surface area contributed by atoms with E-state index in [0.29, 0.717) is 23.5 Å². The van der Waals surface area contributed by atoms with Crippen molar-refractivity contribution in [3.05, 3.63) is 46.5 Å². The summed E-state index contributed by atoms with van der Waals surface area (Å²) >= 11 is 7.39. The van der Waals surface area contributed by atoms with Crippen LogP contribution in [0.5, 0.6) is 23.0 Å². The van der Waals surface area contributed by atoms with E-state index < -0.39 is 22.4 Å². The molecule has 9 nitrogen and oxygen atoms in total. The number of aliphatic hydroxyl groups is 2. The van der Waals surface area contributed by atoms with Crippen molar-refractivity contribution in [3.63, 3.8) is 0 Å². The molecule has 368 valence electrons. The molecular formula is C53H77I3NO8V. The van der Waals surface area contributed by atoms with Gasteiger partial charge in [0.05, 0.1) is 11.2 Å². The van der Waals surface area contributed by atoms with Gasteiger partial charge >= 0.3 is 64.9 Å². The molecule has 9 aliphatic carbocycles. The van der Waals surface area contributed by atoms with Crippen LogP contribution < -0.4 is 9.47 Å². The predicted molar refractivity (Wildman–Crippen MR) is 282 cm³/mol. The molecule has 0 radical (unpaired) electrons. The number of aromatic hydroxyl groups is 2. The maximum atomic E-state index is 12.0. The van der Waals surface area contributed by atoms with Gasteiger partial charge in [0, 0.05) is 59.5 Å². The van der Waals surface area contributed by atoms with Gasteiger partial charge in [-0.3, -0.25) is 0 Å². The molecule has 0 amide bonds. The number of likely N-dealkylation sites (N-methyl/N-ethyl adjacent to an activating group) is 1. The summed E-state index contributed by atoms with van der Waals surface area (Å²) in [6, 6.07) is 8.30. The quantitative estimate of drug-likeness (QED) is 0.222. The predicted octanol–water partition coefficient (Wildman–Crippen LogP) is 11.7. The normalized spacial score (nSPS) is 41.9. The number of phenols is 2. The van der Waals surface area contributed by atoms with Gasteiger partial charge in [0.15, 0.2) is 23.0 Å².